The number of furan rings is 1. The molecule has 9 heteroatoms. The average Bonchev–Trinajstić information content (AvgIpc) is 3.65. The Morgan fingerprint density at radius 1 is 1.05 bits per heavy atom. The maximum atomic E-state index is 13.3. The van der Waals surface area contributed by atoms with E-state index in [1.165, 1.54) is 5.56 Å². The van der Waals surface area contributed by atoms with Crippen LogP contribution in [0.2, 0.25) is 5.02 Å². The third kappa shape index (κ3) is 5.65. The van der Waals surface area contributed by atoms with Crippen molar-refractivity contribution in [3.05, 3.63) is 94.5 Å². The first kappa shape index (κ1) is 26.3. The van der Waals surface area contributed by atoms with Crippen molar-refractivity contribution in [3.63, 3.8) is 0 Å². The Labute approximate surface area is 237 Å². The third-order valence-electron chi connectivity index (χ3n) is 7.39. The van der Waals surface area contributed by atoms with E-state index in [1.807, 2.05) is 18.2 Å². The number of aryl methyl sites for hydroxylation is 1. The van der Waals surface area contributed by atoms with Crippen molar-refractivity contribution in [1.82, 2.24) is 24.8 Å². The van der Waals surface area contributed by atoms with E-state index in [9.17, 15) is 4.79 Å². The summed E-state index contributed by atoms with van der Waals surface area (Å²) in [5.41, 5.74) is 5.89. The molecule has 0 amide bonds. The number of hydrogen-bond acceptors (Lipinski definition) is 7. The Kier molecular flexibility index (Phi) is 7.38. The number of fused-ring (bicyclic) bond motifs is 1. The molecular formula is C31H30ClN5O3. The van der Waals surface area contributed by atoms with Crippen molar-refractivity contribution < 1.29 is 13.9 Å². The lowest BCUT2D eigenvalue weighted by Gasteiger charge is -2.32. The Balaban J connectivity index is 1.19. The maximum absolute atomic E-state index is 13.3. The van der Waals surface area contributed by atoms with Crippen LogP contribution < -0.4 is 4.74 Å². The van der Waals surface area contributed by atoms with Gasteiger partial charge in [-0.3, -0.25) is 9.69 Å². The van der Waals surface area contributed by atoms with Crippen molar-refractivity contribution in [2.24, 2.45) is 0 Å². The maximum Gasteiger partial charge on any atom is 0.247 e. The monoisotopic (exact) mass is 555 g/mol. The molecule has 1 saturated heterocycles. The Morgan fingerprint density at radius 3 is 2.67 bits per heavy atom. The molecule has 1 N–H and O–H groups in total. The number of carbonyl (C=O) groups excluding carboxylic acids is 1. The highest BCUT2D eigenvalue weighted by molar-refractivity contribution is 6.31. The first-order valence-corrected chi connectivity index (χ1v) is 13.7. The zero-order chi connectivity index (χ0) is 27.6. The largest absolute Gasteiger partial charge is 0.472 e. The lowest BCUT2D eigenvalue weighted by Crippen LogP contribution is -2.43. The summed E-state index contributed by atoms with van der Waals surface area (Å²) in [6.45, 7) is 7.25. The molecule has 5 aromatic rings. The number of aromatic nitrogens is 3. The molecule has 2 aromatic carbocycles. The van der Waals surface area contributed by atoms with E-state index in [0.717, 1.165) is 49.4 Å². The van der Waals surface area contributed by atoms with Gasteiger partial charge in [0.2, 0.25) is 5.88 Å². The van der Waals surface area contributed by atoms with E-state index in [2.05, 4.69) is 44.8 Å². The molecule has 1 fully saturated rings. The molecule has 8 nitrogen and oxygen atoms in total. The molecule has 6 rings (SSSR count). The first-order chi connectivity index (χ1) is 19.4. The first-order valence-electron chi connectivity index (χ1n) is 13.3. The highest BCUT2D eigenvalue weighted by Gasteiger charge is 2.18. The van der Waals surface area contributed by atoms with Crippen LogP contribution in [0.4, 0.5) is 0 Å². The summed E-state index contributed by atoms with van der Waals surface area (Å²) in [5, 5.41) is 0.510. The second kappa shape index (κ2) is 11.3. The van der Waals surface area contributed by atoms with Crippen LogP contribution in [0, 0.1) is 6.92 Å². The fraction of sp³-hybridized carbons (Fsp3) is 0.258. The fourth-order valence-corrected chi connectivity index (χ4v) is 5.13. The van der Waals surface area contributed by atoms with Crippen LogP contribution in [0.5, 0.6) is 11.6 Å². The number of nitrogens with one attached hydrogen (secondary N) is 1. The minimum atomic E-state index is 0.00401. The lowest BCUT2D eigenvalue weighted by atomic mass is 9.98. The Bertz CT molecular complexity index is 1660. The molecule has 0 radical (unpaired) electrons. The van der Waals surface area contributed by atoms with Gasteiger partial charge in [-0.1, -0.05) is 23.7 Å². The number of ketones is 1. The summed E-state index contributed by atoms with van der Waals surface area (Å²) in [5.74, 6) is 1.40. The third-order valence-corrected chi connectivity index (χ3v) is 7.76. The molecule has 1 aliphatic rings. The molecule has 3 aromatic heterocycles. The number of carbonyl (C=O) groups is 1. The van der Waals surface area contributed by atoms with Crippen LogP contribution in [0.3, 0.4) is 0 Å². The van der Waals surface area contributed by atoms with Crippen molar-refractivity contribution >= 4 is 28.4 Å². The SMILES string of the molecule is Cc1cc(C(=O)Cc2cc(Oc3nc(-c4ccoc4)nc4cc[nH]c34)ccc2Cl)ccc1CN1CCN(C)CC1. The van der Waals surface area contributed by atoms with Gasteiger partial charge in [0.05, 0.1) is 17.3 Å². The number of piperazine rings is 1. The molecule has 0 atom stereocenters. The van der Waals surface area contributed by atoms with Gasteiger partial charge in [0.25, 0.3) is 0 Å². The van der Waals surface area contributed by atoms with Gasteiger partial charge in [-0.2, -0.15) is 4.98 Å². The quantitative estimate of drug-likeness (QED) is 0.230. The van der Waals surface area contributed by atoms with Crippen molar-refractivity contribution in [3.8, 4) is 23.0 Å². The van der Waals surface area contributed by atoms with Crippen LogP contribution >= 0.6 is 11.6 Å². The number of benzene rings is 2. The molecule has 204 valence electrons. The molecule has 0 unspecified atom stereocenters. The van der Waals surface area contributed by atoms with E-state index >= 15 is 0 Å². The average molecular weight is 556 g/mol. The van der Waals surface area contributed by atoms with Gasteiger partial charge in [-0.15, -0.1) is 0 Å². The summed E-state index contributed by atoms with van der Waals surface area (Å²) < 4.78 is 11.4. The van der Waals surface area contributed by atoms with E-state index in [1.54, 1.807) is 43.0 Å². The Morgan fingerprint density at radius 2 is 1.90 bits per heavy atom. The second-order valence-electron chi connectivity index (χ2n) is 10.3. The lowest BCUT2D eigenvalue weighted by molar-refractivity contribution is 0.0993. The zero-order valence-corrected chi connectivity index (χ0v) is 23.2. The molecule has 4 heterocycles. The van der Waals surface area contributed by atoms with E-state index in [4.69, 9.17) is 20.8 Å². The molecule has 0 spiro atoms. The summed E-state index contributed by atoms with van der Waals surface area (Å²) in [7, 11) is 2.16. The summed E-state index contributed by atoms with van der Waals surface area (Å²) >= 11 is 6.52. The van der Waals surface area contributed by atoms with Gasteiger partial charge in [0.1, 0.15) is 17.5 Å². The highest BCUT2D eigenvalue weighted by atomic mass is 35.5. The van der Waals surface area contributed by atoms with E-state index in [-0.39, 0.29) is 12.2 Å². The number of hydrogen-bond donors (Lipinski definition) is 1. The van der Waals surface area contributed by atoms with Crippen LogP contribution in [0.15, 0.2) is 71.7 Å². The van der Waals surface area contributed by atoms with Crippen LogP contribution in [-0.2, 0) is 13.0 Å². The normalized spacial score (nSPS) is 14.6. The van der Waals surface area contributed by atoms with Crippen molar-refractivity contribution in [1.29, 1.82) is 0 Å². The van der Waals surface area contributed by atoms with Crippen LogP contribution in [0.25, 0.3) is 22.4 Å². The highest BCUT2D eigenvalue weighted by Crippen LogP contribution is 2.32. The van der Waals surface area contributed by atoms with Gasteiger partial charge < -0.3 is 19.0 Å². The number of ether oxygens (including phenoxy) is 1. The minimum absolute atomic E-state index is 0.00401. The van der Waals surface area contributed by atoms with Gasteiger partial charge in [0, 0.05) is 55.9 Å². The van der Waals surface area contributed by atoms with Crippen molar-refractivity contribution in [2.45, 2.75) is 19.9 Å². The van der Waals surface area contributed by atoms with Crippen LogP contribution in [0.1, 0.15) is 27.0 Å². The van der Waals surface area contributed by atoms with Crippen molar-refractivity contribution in [2.75, 3.05) is 33.2 Å². The van der Waals surface area contributed by atoms with E-state index in [0.29, 0.717) is 39.1 Å². The Hall–Kier alpha value is -3.98. The molecular weight excluding hydrogens is 526 g/mol. The predicted molar refractivity (Wildman–Crippen MR) is 155 cm³/mol. The van der Waals surface area contributed by atoms with E-state index < -0.39 is 0 Å². The standard InChI is InChI=1S/C31H30ClN5O3/c1-20-15-21(3-4-22(20)18-37-12-10-36(2)11-13-37)28(38)17-24-16-25(5-6-26(24)32)40-31-29-27(7-9-33-29)34-30(35-31)23-8-14-39-19-23/h3-9,14-16,19,33H,10-13,17-18H2,1-2H3. The fourth-order valence-electron chi connectivity index (χ4n) is 4.94. The molecule has 1 aliphatic heterocycles. The number of halogens is 1. The molecule has 40 heavy (non-hydrogen) atoms. The molecule has 0 bridgehead atoms. The number of nitrogens with zero attached hydrogens (tertiary/aromatic N) is 4. The number of Topliss-reactive ketones (excluding diaryl/α,β-unsaturated/α-hetero) is 1. The van der Waals surface area contributed by atoms with Gasteiger partial charge in [0.15, 0.2) is 11.6 Å². The summed E-state index contributed by atoms with van der Waals surface area (Å²) in [6, 6.07) is 15.0. The minimum Gasteiger partial charge on any atom is -0.472 e. The number of H-pyrrole nitrogens is 1. The topological polar surface area (TPSA) is 87.5 Å². The number of aromatic amines is 1. The van der Waals surface area contributed by atoms with Gasteiger partial charge in [-0.05, 0) is 67.1 Å². The number of likely N-dealkylation sites (N-methyl/N-ethyl adjacent to an activating group) is 1. The summed E-state index contributed by atoms with van der Waals surface area (Å²) in [4.78, 5) is 30.4. The number of rotatable bonds is 8. The second-order valence-corrected chi connectivity index (χ2v) is 10.7. The molecule has 0 saturated carbocycles. The van der Waals surface area contributed by atoms with Crippen LogP contribution in [-0.4, -0.2) is 63.8 Å². The summed E-state index contributed by atoms with van der Waals surface area (Å²) in [6.07, 6.45) is 5.11. The predicted octanol–water partition coefficient (Wildman–Crippen LogP) is 6.14. The zero-order valence-electron chi connectivity index (χ0n) is 22.5. The van der Waals surface area contributed by atoms with Gasteiger partial charge >= 0.3 is 0 Å². The smallest absolute Gasteiger partial charge is 0.247 e. The van der Waals surface area contributed by atoms with Gasteiger partial charge in [-0.25, -0.2) is 4.98 Å². The molecule has 0 aliphatic carbocycles.